The Labute approximate surface area is 105 Å². The summed E-state index contributed by atoms with van der Waals surface area (Å²) in [7, 11) is 0. The third kappa shape index (κ3) is 2.38. The summed E-state index contributed by atoms with van der Waals surface area (Å²) in [5.41, 5.74) is 0.618. The molecular formula is C13H17NO2S. The Hall–Kier alpha value is -0.870. The van der Waals surface area contributed by atoms with Gasteiger partial charge in [-0.3, -0.25) is 0 Å². The number of rotatable bonds is 6. The van der Waals surface area contributed by atoms with Crippen molar-refractivity contribution in [2.75, 3.05) is 6.54 Å². The molecule has 0 atom stereocenters. The van der Waals surface area contributed by atoms with Crippen molar-refractivity contribution in [1.82, 2.24) is 5.32 Å². The van der Waals surface area contributed by atoms with Crippen LogP contribution in [-0.4, -0.2) is 17.6 Å². The van der Waals surface area contributed by atoms with Crippen LogP contribution in [0.5, 0.6) is 0 Å². The highest BCUT2D eigenvalue weighted by atomic mass is 32.1. The van der Waals surface area contributed by atoms with Gasteiger partial charge in [0.05, 0.1) is 0 Å². The van der Waals surface area contributed by atoms with Gasteiger partial charge in [0.1, 0.15) is 4.88 Å². The normalized spacial score (nSPS) is 21.4. The molecule has 0 bridgehead atoms. The van der Waals surface area contributed by atoms with Gasteiger partial charge >= 0.3 is 5.97 Å². The Balaban J connectivity index is 1.48. The molecule has 2 fully saturated rings. The second-order valence-electron chi connectivity index (χ2n) is 5.31. The minimum atomic E-state index is -0.821. The van der Waals surface area contributed by atoms with E-state index in [4.69, 9.17) is 5.11 Å². The van der Waals surface area contributed by atoms with Gasteiger partial charge in [-0.15, -0.1) is 11.3 Å². The van der Waals surface area contributed by atoms with Crippen molar-refractivity contribution in [2.24, 2.45) is 11.3 Å². The fraction of sp³-hybridized carbons (Fsp3) is 0.615. The number of carboxylic acid groups (broad SMARTS) is 1. The zero-order valence-electron chi connectivity index (χ0n) is 9.74. The minimum Gasteiger partial charge on any atom is -0.477 e. The van der Waals surface area contributed by atoms with E-state index in [1.165, 1.54) is 37.0 Å². The van der Waals surface area contributed by atoms with Crippen LogP contribution in [0.4, 0.5) is 0 Å². The van der Waals surface area contributed by atoms with Crippen molar-refractivity contribution in [3.8, 4) is 0 Å². The zero-order valence-corrected chi connectivity index (χ0v) is 10.6. The van der Waals surface area contributed by atoms with Gasteiger partial charge in [0.25, 0.3) is 0 Å². The van der Waals surface area contributed by atoms with E-state index in [1.807, 2.05) is 6.07 Å². The molecule has 1 heterocycles. The highest BCUT2D eigenvalue weighted by molar-refractivity contribution is 7.13. The molecule has 2 N–H and O–H groups in total. The molecule has 0 unspecified atom stereocenters. The molecule has 4 heteroatoms. The van der Waals surface area contributed by atoms with E-state index in [0.29, 0.717) is 10.3 Å². The van der Waals surface area contributed by atoms with Crippen LogP contribution in [0.1, 0.15) is 40.2 Å². The fourth-order valence-corrected chi connectivity index (χ4v) is 3.42. The Morgan fingerprint density at radius 1 is 1.47 bits per heavy atom. The first kappa shape index (κ1) is 11.2. The van der Waals surface area contributed by atoms with E-state index in [9.17, 15) is 4.79 Å². The number of carbonyl (C=O) groups is 1. The molecule has 2 saturated carbocycles. The maximum Gasteiger partial charge on any atom is 0.345 e. The predicted octanol–water partition coefficient (Wildman–Crippen LogP) is 2.73. The van der Waals surface area contributed by atoms with Crippen molar-refractivity contribution >= 4 is 17.3 Å². The van der Waals surface area contributed by atoms with Gasteiger partial charge in [0.2, 0.25) is 0 Å². The van der Waals surface area contributed by atoms with E-state index in [-0.39, 0.29) is 0 Å². The lowest BCUT2D eigenvalue weighted by molar-refractivity contribution is 0.0702. The molecular weight excluding hydrogens is 234 g/mol. The lowest BCUT2D eigenvalue weighted by Gasteiger charge is -2.14. The van der Waals surface area contributed by atoms with Gasteiger partial charge in [0, 0.05) is 18.0 Å². The van der Waals surface area contributed by atoms with Crippen LogP contribution in [0.15, 0.2) is 12.1 Å². The van der Waals surface area contributed by atoms with E-state index < -0.39 is 5.97 Å². The summed E-state index contributed by atoms with van der Waals surface area (Å²) in [6.45, 7) is 1.92. The fourth-order valence-electron chi connectivity index (χ4n) is 2.61. The number of nitrogens with one attached hydrogen (secondary N) is 1. The lowest BCUT2D eigenvalue weighted by atomic mass is 10.0. The third-order valence-electron chi connectivity index (χ3n) is 3.98. The van der Waals surface area contributed by atoms with E-state index in [0.717, 1.165) is 23.9 Å². The van der Waals surface area contributed by atoms with E-state index in [1.54, 1.807) is 6.07 Å². The Morgan fingerprint density at radius 3 is 2.76 bits per heavy atom. The average Bonchev–Trinajstić information content (AvgIpc) is 3.17. The Bertz CT molecular complexity index is 432. The van der Waals surface area contributed by atoms with Crippen LogP contribution in [-0.2, 0) is 6.54 Å². The van der Waals surface area contributed by atoms with Crippen molar-refractivity contribution in [1.29, 1.82) is 0 Å². The quantitative estimate of drug-likeness (QED) is 0.817. The van der Waals surface area contributed by atoms with E-state index >= 15 is 0 Å². The second kappa shape index (κ2) is 4.10. The highest BCUT2D eigenvalue weighted by Crippen LogP contribution is 2.60. The topological polar surface area (TPSA) is 49.3 Å². The Morgan fingerprint density at radius 2 is 2.24 bits per heavy atom. The molecule has 3 rings (SSSR count). The number of hydrogen-bond acceptors (Lipinski definition) is 3. The first-order valence-corrected chi connectivity index (χ1v) is 7.04. The van der Waals surface area contributed by atoms with E-state index in [2.05, 4.69) is 5.32 Å². The standard InChI is InChI=1S/C13H17NO2S/c15-12(16)11-4-3-10(17-11)7-14-8-13(5-6-13)9-1-2-9/h3-4,9,14H,1-2,5-8H2,(H,15,16). The van der Waals surface area contributed by atoms with Crippen LogP contribution in [0.3, 0.4) is 0 Å². The van der Waals surface area contributed by atoms with Crippen molar-refractivity contribution in [3.05, 3.63) is 21.9 Å². The molecule has 92 valence electrons. The minimum absolute atomic E-state index is 0.435. The third-order valence-corrected chi connectivity index (χ3v) is 5.06. The molecule has 0 radical (unpaired) electrons. The molecule has 0 aromatic carbocycles. The molecule has 2 aliphatic rings. The van der Waals surface area contributed by atoms with Gasteiger partial charge in [-0.1, -0.05) is 0 Å². The summed E-state index contributed by atoms with van der Waals surface area (Å²) < 4.78 is 0. The maximum atomic E-state index is 10.7. The molecule has 0 saturated heterocycles. The van der Waals surface area contributed by atoms with Crippen molar-refractivity contribution in [2.45, 2.75) is 32.2 Å². The molecule has 17 heavy (non-hydrogen) atoms. The van der Waals surface area contributed by atoms with Crippen LogP contribution < -0.4 is 5.32 Å². The van der Waals surface area contributed by atoms with Crippen molar-refractivity contribution in [3.63, 3.8) is 0 Å². The van der Waals surface area contributed by atoms with Gasteiger partial charge in [-0.25, -0.2) is 4.79 Å². The van der Waals surface area contributed by atoms with Crippen LogP contribution in [0.25, 0.3) is 0 Å². The number of aromatic carboxylic acids is 1. The number of thiophene rings is 1. The highest BCUT2D eigenvalue weighted by Gasteiger charge is 2.53. The largest absolute Gasteiger partial charge is 0.477 e. The monoisotopic (exact) mass is 251 g/mol. The summed E-state index contributed by atoms with van der Waals surface area (Å²) in [6, 6.07) is 3.61. The van der Waals surface area contributed by atoms with Crippen molar-refractivity contribution < 1.29 is 9.90 Å². The molecule has 2 aliphatic carbocycles. The number of carboxylic acids is 1. The summed E-state index contributed by atoms with van der Waals surface area (Å²) in [4.78, 5) is 12.3. The smallest absolute Gasteiger partial charge is 0.345 e. The lowest BCUT2D eigenvalue weighted by Crippen LogP contribution is -2.24. The van der Waals surface area contributed by atoms with Gasteiger partial charge in [-0.05, 0) is 49.1 Å². The first-order valence-electron chi connectivity index (χ1n) is 6.22. The molecule has 3 nitrogen and oxygen atoms in total. The SMILES string of the molecule is O=C(O)c1ccc(CNCC2(C3CC3)CC2)s1. The van der Waals surface area contributed by atoms with Gasteiger partial charge < -0.3 is 10.4 Å². The van der Waals surface area contributed by atoms with Gasteiger partial charge in [0.15, 0.2) is 0 Å². The zero-order chi connectivity index (χ0) is 11.9. The molecule has 1 aromatic heterocycles. The van der Waals surface area contributed by atoms with Crippen LogP contribution in [0.2, 0.25) is 0 Å². The van der Waals surface area contributed by atoms with Crippen LogP contribution >= 0.6 is 11.3 Å². The first-order chi connectivity index (χ1) is 8.20. The van der Waals surface area contributed by atoms with Gasteiger partial charge in [-0.2, -0.15) is 0 Å². The molecule has 0 aliphatic heterocycles. The number of hydrogen-bond donors (Lipinski definition) is 2. The maximum absolute atomic E-state index is 10.7. The summed E-state index contributed by atoms with van der Waals surface area (Å²) in [5, 5.41) is 12.3. The summed E-state index contributed by atoms with van der Waals surface area (Å²) in [5.74, 6) is 0.158. The Kier molecular flexibility index (Phi) is 2.71. The van der Waals surface area contributed by atoms with Crippen LogP contribution in [0, 0.1) is 11.3 Å². The molecule has 0 spiro atoms. The molecule has 0 amide bonds. The summed E-state index contributed by atoms with van der Waals surface area (Å²) in [6.07, 6.45) is 5.61. The average molecular weight is 251 g/mol. The molecule has 1 aromatic rings. The predicted molar refractivity (Wildman–Crippen MR) is 67.4 cm³/mol. The second-order valence-corrected chi connectivity index (χ2v) is 6.48. The summed E-state index contributed by atoms with van der Waals surface area (Å²) >= 11 is 1.37.